The van der Waals surface area contributed by atoms with Gasteiger partial charge in [-0.2, -0.15) is 0 Å². The first-order valence-electron chi connectivity index (χ1n) is 27.4. The van der Waals surface area contributed by atoms with Crippen LogP contribution in [0.25, 0.3) is 22.3 Å². The maximum atomic E-state index is 16.0. The monoisotopic (exact) mass is 1040 g/mol. The van der Waals surface area contributed by atoms with Crippen molar-refractivity contribution in [3.05, 3.63) is 128 Å². The Morgan fingerprint density at radius 2 is 1.66 bits per heavy atom. The van der Waals surface area contributed by atoms with Crippen LogP contribution in [-0.4, -0.2) is 123 Å². The number of quaternary nitrogens is 1. The average molecular weight is 1040 g/mol. The Balaban J connectivity index is 0.633. The molecule has 0 spiro atoms. The van der Waals surface area contributed by atoms with Crippen molar-refractivity contribution < 1.29 is 32.2 Å². The second-order valence-corrected chi connectivity index (χ2v) is 23.0. The van der Waals surface area contributed by atoms with Crippen LogP contribution in [0.5, 0.6) is 0 Å². The average Bonchev–Trinajstić information content (AvgIpc) is 4.34. The number of hydrogen-bond acceptors (Lipinski definition) is 10. The first-order valence-corrected chi connectivity index (χ1v) is 27.4. The summed E-state index contributed by atoms with van der Waals surface area (Å²) in [5.41, 5.74) is 6.06. The Morgan fingerprint density at radius 1 is 0.882 bits per heavy atom. The number of fused-ring (bicyclic) bond motifs is 4. The summed E-state index contributed by atoms with van der Waals surface area (Å²) in [7, 11) is 3.45. The third-order valence-electron chi connectivity index (χ3n) is 18.2. The number of hydrogen-bond donors (Lipinski definition) is 2. The molecule has 7 aliphatic rings. The molecule has 12 rings (SSSR count). The first-order chi connectivity index (χ1) is 36.6. The molecule has 15 nitrogen and oxygen atoms in total. The number of anilines is 2. The Hall–Kier alpha value is -6.18. The Labute approximate surface area is 440 Å². The number of carbonyl (C=O) groups excluding carboxylic acids is 3. The van der Waals surface area contributed by atoms with E-state index in [0.29, 0.717) is 85.3 Å². The van der Waals surface area contributed by atoms with E-state index in [2.05, 4.69) is 62.4 Å². The molecule has 400 valence electrons. The van der Waals surface area contributed by atoms with Crippen molar-refractivity contribution >= 4 is 45.7 Å². The number of rotatable bonds is 13. The quantitative estimate of drug-likeness (QED) is 0.0696. The number of aromatic nitrogens is 3. The number of halogens is 3. The minimum Gasteiger partial charge on any atom is -0.633 e. The molecule has 3 aromatic heterocycles. The van der Waals surface area contributed by atoms with Gasteiger partial charge in [0.2, 0.25) is 17.7 Å². The fraction of sp³-hybridized carbons (Fsp3) is 0.500. The number of likely N-dealkylation sites (tertiary alicyclic amines) is 1. The SMILES string of the molecule is CNc1cc(=O)n(-c2ccnc3c2cc([C@H](C)N2CC=C(c4c(F)cc(C[N+]5([O-])CCC(CN6CCN(Cc7ccc8c(c7)N(C7CC7)C(=O)C7C8[C@@H]7C7CCC(=O)NC7=O)C[C@@H]6C)CC5)cc4F)CC2)n3C)cc1F. The Kier molecular flexibility index (Phi) is 13.1. The number of nitrogens with zero attached hydrogens (tertiary/aromatic N) is 8. The number of imide groups is 1. The van der Waals surface area contributed by atoms with Gasteiger partial charge in [-0.3, -0.25) is 43.8 Å². The number of benzene rings is 2. The predicted octanol–water partition coefficient (Wildman–Crippen LogP) is 7.36. The highest BCUT2D eigenvalue weighted by molar-refractivity contribution is 6.05. The van der Waals surface area contributed by atoms with Crippen LogP contribution in [0.3, 0.4) is 0 Å². The smallest absolute Gasteiger partial charge is 0.257 e. The fourth-order valence-electron chi connectivity index (χ4n) is 13.8. The third-order valence-corrected chi connectivity index (χ3v) is 18.2. The van der Waals surface area contributed by atoms with E-state index in [1.54, 1.807) is 19.3 Å². The highest BCUT2D eigenvalue weighted by Gasteiger charge is 2.65. The van der Waals surface area contributed by atoms with Gasteiger partial charge in [0.15, 0.2) is 5.82 Å². The van der Waals surface area contributed by atoms with Crippen LogP contribution in [0.2, 0.25) is 0 Å². The van der Waals surface area contributed by atoms with E-state index in [0.717, 1.165) is 75.4 Å². The molecule has 18 heteroatoms. The number of amides is 3. The molecule has 76 heavy (non-hydrogen) atoms. The molecule has 3 saturated heterocycles. The highest BCUT2D eigenvalue weighted by Crippen LogP contribution is 2.65. The van der Waals surface area contributed by atoms with E-state index in [9.17, 15) is 28.8 Å². The molecular formula is C58H67F3N10O5. The maximum absolute atomic E-state index is 16.0. The van der Waals surface area contributed by atoms with Gasteiger partial charge in [-0.15, -0.1) is 0 Å². The summed E-state index contributed by atoms with van der Waals surface area (Å²) >= 11 is 0. The van der Waals surface area contributed by atoms with Gasteiger partial charge in [-0.1, -0.05) is 18.2 Å². The van der Waals surface area contributed by atoms with Crippen LogP contribution in [0.4, 0.5) is 24.5 Å². The van der Waals surface area contributed by atoms with E-state index in [1.165, 1.54) is 34.5 Å². The van der Waals surface area contributed by atoms with Crippen molar-refractivity contribution in [1.29, 1.82) is 0 Å². The van der Waals surface area contributed by atoms with Crippen LogP contribution in [0.1, 0.15) is 98.7 Å². The van der Waals surface area contributed by atoms with Crippen LogP contribution < -0.4 is 21.1 Å². The maximum Gasteiger partial charge on any atom is 0.257 e. The van der Waals surface area contributed by atoms with E-state index >= 15 is 8.78 Å². The lowest BCUT2D eigenvalue weighted by Gasteiger charge is -2.49. The lowest BCUT2D eigenvalue weighted by atomic mass is 9.90. The molecule has 8 heterocycles. The molecule has 0 bridgehead atoms. The lowest BCUT2D eigenvalue weighted by Crippen LogP contribution is -2.54. The zero-order valence-corrected chi connectivity index (χ0v) is 43.7. The predicted molar refractivity (Wildman–Crippen MR) is 283 cm³/mol. The zero-order chi connectivity index (χ0) is 52.9. The largest absolute Gasteiger partial charge is 0.633 e. The minimum atomic E-state index is -0.655. The van der Waals surface area contributed by atoms with Crippen molar-refractivity contribution in [2.45, 2.75) is 95.9 Å². The number of hydroxylamine groups is 3. The number of piperidine rings is 2. The minimum absolute atomic E-state index is 0.0175. The molecule has 3 amide bonds. The number of nitrogens with one attached hydrogen (secondary N) is 2. The van der Waals surface area contributed by atoms with E-state index < -0.39 is 22.1 Å². The summed E-state index contributed by atoms with van der Waals surface area (Å²) < 4.78 is 49.5. The van der Waals surface area contributed by atoms with Crippen LogP contribution in [0, 0.1) is 46.3 Å². The van der Waals surface area contributed by atoms with Gasteiger partial charge in [0.1, 0.15) is 23.8 Å². The standard InChI is InChI=1S/C58H67F3N10O5/c1-33-28-66(29-36-5-8-40-49(25-36)70(39-6-7-39)58(75)55-53(40)54(55)41-9-10-50(72)64-57(41)74)19-20-68(33)30-35-14-21-71(76,22-15-35)32-37-23-43(59)52(44(60)24-37)38-12-17-67(18-13-38)34(2)48-26-42-47(11-16-63-56(42)65(48)4)69-31-45(61)46(62-3)27-51(69)73/h5,8,11-12,16,23-27,31,33-35,39,41,53-55,62H,6-7,9-10,13-15,17-22,28-30,32H2,1-4H3,(H,64,72,74)/t33-,34-,35?,41?,53?,54-,55?,71?/m0/s1. The van der Waals surface area contributed by atoms with Gasteiger partial charge in [0.25, 0.3) is 5.56 Å². The van der Waals surface area contributed by atoms with Gasteiger partial charge in [0, 0.05) is 155 Å². The van der Waals surface area contributed by atoms with Crippen molar-refractivity contribution in [1.82, 2.24) is 34.1 Å². The van der Waals surface area contributed by atoms with Crippen LogP contribution in [-0.2, 0) is 34.5 Å². The van der Waals surface area contributed by atoms with Crippen molar-refractivity contribution in [3.8, 4) is 5.69 Å². The summed E-state index contributed by atoms with van der Waals surface area (Å²) in [6, 6.07) is 14.6. The van der Waals surface area contributed by atoms with E-state index in [4.69, 9.17) is 0 Å². The van der Waals surface area contributed by atoms with Crippen LogP contribution >= 0.6 is 0 Å². The van der Waals surface area contributed by atoms with Gasteiger partial charge in [-0.05, 0) is 98.4 Å². The summed E-state index contributed by atoms with van der Waals surface area (Å²) in [6.07, 6.45) is 9.37. The Bertz CT molecular complexity index is 3230. The molecule has 5 aliphatic heterocycles. The second-order valence-electron chi connectivity index (χ2n) is 23.0. The Morgan fingerprint density at radius 3 is 2.36 bits per heavy atom. The van der Waals surface area contributed by atoms with Crippen molar-refractivity contribution in [2.75, 3.05) is 69.6 Å². The molecule has 5 fully saturated rings. The summed E-state index contributed by atoms with van der Waals surface area (Å²) in [5, 5.41) is 20.0. The summed E-state index contributed by atoms with van der Waals surface area (Å²) in [5.74, 6) is -2.35. The second kappa shape index (κ2) is 19.7. The fourth-order valence-corrected chi connectivity index (χ4v) is 13.8. The number of aryl methyl sites for hydroxylation is 1. The summed E-state index contributed by atoms with van der Waals surface area (Å²) in [6.45, 7) is 10.5. The molecule has 5 aromatic rings. The molecule has 2 saturated carbocycles. The van der Waals surface area contributed by atoms with Gasteiger partial charge >= 0.3 is 0 Å². The van der Waals surface area contributed by atoms with Crippen molar-refractivity contribution in [2.24, 2.45) is 30.7 Å². The summed E-state index contributed by atoms with van der Waals surface area (Å²) in [4.78, 5) is 65.5. The normalized spacial score (nSPS) is 27.8. The first kappa shape index (κ1) is 50.6. The molecule has 2 aliphatic carbocycles. The number of carbonyl (C=O) groups is 3. The third kappa shape index (κ3) is 9.26. The molecule has 2 N–H and O–H groups in total. The number of piperazine rings is 1. The van der Waals surface area contributed by atoms with Gasteiger partial charge in [-0.25, -0.2) is 18.2 Å². The molecular weight excluding hydrogens is 974 g/mol. The topological polar surface area (TPSA) is 151 Å². The van der Waals surface area contributed by atoms with Gasteiger partial charge < -0.3 is 24.6 Å². The zero-order valence-electron chi connectivity index (χ0n) is 43.7. The lowest BCUT2D eigenvalue weighted by molar-refractivity contribution is -0.899. The molecule has 0 radical (unpaired) electrons. The van der Waals surface area contributed by atoms with Gasteiger partial charge in [0.05, 0.1) is 30.7 Å². The molecule has 6 atom stereocenters. The van der Waals surface area contributed by atoms with Crippen LogP contribution in [0.15, 0.2) is 71.8 Å². The van der Waals surface area contributed by atoms with Crippen molar-refractivity contribution in [3.63, 3.8) is 0 Å². The highest BCUT2D eigenvalue weighted by atomic mass is 19.1. The van der Waals surface area contributed by atoms with E-state index in [-0.39, 0.29) is 76.8 Å². The molecule has 3 unspecified atom stereocenters. The number of pyridine rings is 2. The van der Waals surface area contributed by atoms with E-state index in [1.807, 2.05) is 28.7 Å². The molecule has 2 aromatic carbocycles.